The Labute approximate surface area is 146 Å². The first-order valence-corrected chi connectivity index (χ1v) is 8.59. The number of aromatic nitrogens is 2. The second-order valence-corrected chi connectivity index (χ2v) is 6.06. The highest BCUT2D eigenvalue weighted by atomic mass is 16.6. The molecule has 0 bridgehead atoms. The molecule has 1 aromatic carbocycles. The zero-order valence-electron chi connectivity index (χ0n) is 14.3. The molecule has 0 radical (unpaired) electrons. The topological polar surface area (TPSA) is 77.5 Å². The molecule has 0 amide bonds. The van der Waals surface area contributed by atoms with E-state index in [4.69, 9.17) is 14.2 Å². The number of benzene rings is 1. The third kappa shape index (κ3) is 3.32. The van der Waals surface area contributed by atoms with Crippen LogP contribution in [-0.2, 0) is 19.4 Å². The second kappa shape index (κ2) is 7.14. The van der Waals surface area contributed by atoms with Gasteiger partial charge < -0.3 is 24.8 Å². The SMILES string of the molecule is COc1cc2c(cc1CNc1ncnc3c1CCNCC3)OCCO2. The molecule has 2 aromatic rings. The quantitative estimate of drug-likeness (QED) is 0.873. The fourth-order valence-electron chi connectivity index (χ4n) is 3.24. The summed E-state index contributed by atoms with van der Waals surface area (Å²) < 4.78 is 16.8. The normalized spacial score (nSPS) is 15.9. The molecular weight excluding hydrogens is 320 g/mol. The minimum absolute atomic E-state index is 0.564. The molecular formula is C18H22N4O3. The van der Waals surface area contributed by atoms with Crippen molar-refractivity contribution in [2.45, 2.75) is 19.4 Å². The zero-order chi connectivity index (χ0) is 17.1. The van der Waals surface area contributed by atoms with Gasteiger partial charge in [-0.3, -0.25) is 0 Å². The summed E-state index contributed by atoms with van der Waals surface area (Å²) in [6.07, 6.45) is 3.49. The lowest BCUT2D eigenvalue weighted by molar-refractivity contribution is 0.170. The van der Waals surface area contributed by atoms with Gasteiger partial charge in [0, 0.05) is 36.7 Å². The number of ether oxygens (including phenoxy) is 3. The predicted octanol–water partition coefficient (Wildman–Crippen LogP) is 1.56. The highest BCUT2D eigenvalue weighted by Crippen LogP contribution is 2.37. The first-order chi connectivity index (χ1) is 12.3. The largest absolute Gasteiger partial charge is 0.496 e. The Morgan fingerprint density at radius 3 is 2.76 bits per heavy atom. The van der Waals surface area contributed by atoms with Crippen molar-refractivity contribution in [1.29, 1.82) is 0 Å². The molecule has 25 heavy (non-hydrogen) atoms. The lowest BCUT2D eigenvalue weighted by atomic mass is 10.1. The Hall–Kier alpha value is -2.54. The Balaban J connectivity index is 1.57. The van der Waals surface area contributed by atoms with E-state index in [0.717, 1.165) is 60.3 Å². The number of fused-ring (bicyclic) bond motifs is 2. The van der Waals surface area contributed by atoms with Crippen LogP contribution in [-0.4, -0.2) is 43.4 Å². The summed E-state index contributed by atoms with van der Waals surface area (Å²) in [5.41, 5.74) is 3.33. The molecule has 2 aliphatic rings. The number of rotatable bonds is 4. The zero-order valence-corrected chi connectivity index (χ0v) is 14.3. The van der Waals surface area contributed by atoms with E-state index < -0.39 is 0 Å². The van der Waals surface area contributed by atoms with Crippen LogP contribution >= 0.6 is 0 Å². The summed E-state index contributed by atoms with van der Waals surface area (Å²) in [5, 5.41) is 6.84. The predicted molar refractivity (Wildman–Crippen MR) is 93.6 cm³/mol. The Morgan fingerprint density at radius 2 is 1.92 bits per heavy atom. The Kier molecular flexibility index (Phi) is 4.56. The number of anilines is 1. The van der Waals surface area contributed by atoms with Gasteiger partial charge in [0.15, 0.2) is 11.5 Å². The molecule has 0 saturated carbocycles. The number of methoxy groups -OCH3 is 1. The molecule has 0 spiro atoms. The average Bonchev–Trinajstić information content (AvgIpc) is 2.91. The molecule has 0 atom stereocenters. The van der Waals surface area contributed by atoms with E-state index in [2.05, 4.69) is 20.6 Å². The van der Waals surface area contributed by atoms with Gasteiger partial charge in [-0.1, -0.05) is 0 Å². The van der Waals surface area contributed by atoms with Crippen molar-refractivity contribution < 1.29 is 14.2 Å². The number of hydrogen-bond donors (Lipinski definition) is 2. The fourth-order valence-corrected chi connectivity index (χ4v) is 3.24. The van der Waals surface area contributed by atoms with Gasteiger partial charge in [0.05, 0.1) is 12.8 Å². The second-order valence-electron chi connectivity index (χ2n) is 6.06. The number of nitrogens with one attached hydrogen (secondary N) is 2. The van der Waals surface area contributed by atoms with Crippen LogP contribution in [0.25, 0.3) is 0 Å². The van der Waals surface area contributed by atoms with Crippen LogP contribution in [0, 0.1) is 0 Å². The van der Waals surface area contributed by atoms with Crippen LogP contribution in [0.2, 0.25) is 0 Å². The van der Waals surface area contributed by atoms with E-state index in [0.29, 0.717) is 19.8 Å². The van der Waals surface area contributed by atoms with E-state index in [1.165, 1.54) is 5.56 Å². The van der Waals surface area contributed by atoms with Crippen LogP contribution in [0.4, 0.5) is 5.82 Å². The van der Waals surface area contributed by atoms with E-state index in [1.54, 1.807) is 13.4 Å². The van der Waals surface area contributed by atoms with Crippen molar-refractivity contribution in [3.05, 3.63) is 35.3 Å². The minimum Gasteiger partial charge on any atom is -0.496 e. The van der Waals surface area contributed by atoms with Crippen molar-refractivity contribution in [1.82, 2.24) is 15.3 Å². The summed E-state index contributed by atoms with van der Waals surface area (Å²) in [4.78, 5) is 8.88. The van der Waals surface area contributed by atoms with Gasteiger partial charge in [-0.15, -0.1) is 0 Å². The minimum atomic E-state index is 0.564. The van der Waals surface area contributed by atoms with Gasteiger partial charge >= 0.3 is 0 Å². The summed E-state index contributed by atoms with van der Waals surface area (Å²) >= 11 is 0. The molecule has 7 heteroatoms. The van der Waals surface area contributed by atoms with Crippen LogP contribution < -0.4 is 24.8 Å². The molecule has 132 valence electrons. The van der Waals surface area contributed by atoms with E-state index in [1.807, 2.05) is 12.1 Å². The third-order valence-electron chi connectivity index (χ3n) is 4.52. The first kappa shape index (κ1) is 16.0. The third-order valence-corrected chi connectivity index (χ3v) is 4.52. The monoisotopic (exact) mass is 342 g/mol. The van der Waals surface area contributed by atoms with Crippen molar-refractivity contribution in [2.75, 3.05) is 38.7 Å². The molecule has 3 heterocycles. The smallest absolute Gasteiger partial charge is 0.165 e. The van der Waals surface area contributed by atoms with Gasteiger partial charge in [0.1, 0.15) is 31.1 Å². The van der Waals surface area contributed by atoms with Crippen LogP contribution in [0.15, 0.2) is 18.5 Å². The van der Waals surface area contributed by atoms with Crippen molar-refractivity contribution >= 4 is 5.82 Å². The molecule has 0 unspecified atom stereocenters. The van der Waals surface area contributed by atoms with Crippen molar-refractivity contribution in [3.63, 3.8) is 0 Å². The molecule has 0 saturated heterocycles. The summed E-state index contributed by atoms with van der Waals surface area (Å²) in [6, 6.07) is 3.86. The maximum absolute atomic E-state index is 5.68. The van der Waals surface area contributed by atoms with Gasteiger partial charge in [0.25, 0.3) is 0 Å². The maximum atomic E-state index is 5.68. The van der Waals surface area contributed by atoms with Crippen LogP contribution in [0.1, 0.15) is 16.8 Å². The molecule has 0 fully saturated rings. The summed E-state index contributed by atoms with van der Waals surface area (Å²) in [5.74, 6) is 3.16. The highest BCUT2D eigenvalue weighted by Gasteiger charge is 2.18. The Morgan fingerprint density at radius 1 is 1.12 bits per heavy atom. The standard InChI is InChI=1S/C18H22N4O3/c1-23-15-9-17-16(24-6-7-25-17)8-12(15)10-20-18-13-2-4-19-5-3-14(13)21-11-22-18/h8-9,11,19H,2-7,10H2,1H3,(H,20,21,22). The summed E-state index contributed by atoms with van der Waals surface area (Å²) in [6.45, 7) is 3.63. The van der Waals surface area contributed by atoms with Gasteiger partial charge in [-0.05, 0) is 19.0 Å². The Bertz CT molecular complexity index is 766. The van der Waals surface area contributed by atoms with Crippen LogP contribution in [0.3, 0.4) is 0 Å². The molecule has 2 N–H and O–H groups in total. The van der Waals surface area contributed by atoms with Crippen LogP contribution in [0.5, 0.6) is 17.2 Å². The number of hydrogen-bond acceptors (Lipinski definition) is 7. The average molecular weight is 342 g/mol. The maximum Gasteiger partial charge on any atom is 0.165 e. The lowest BCUT2D eigenvalue weighted by Crippen LogP contribution is -2.16. The summed E-state index contributed by atoms with van der Waals surface area (Å²) in [7, 11) is 1.66. The van der Waals surface area contributed by atoms with Gasteiger partial charge in [0.2, 0.25) is 0 Å². The fraction of sp³-hybridized carbons (Fsp3) is 0.444. The molecule has 0 aliphatic carbocycles. The first-order valence-electron chi connectivity index (χ1n) is 8.59. The lowest BCUT2D eigenvalue weighted by Gasteiger charge is -2.21. The van der Waals surface area contributed by atoms with E-state index in [9.17, 15) is 0 Å². The van der Waals surface area contributed by atoms with Crippen molar-refractivity contribution in [2.24, 2.45) is 0 Å². The molecule has 7 nitrogen and oxygen atoms in total. The highest BCUT2D eigenvalue weighted by molar-refractivity contribution is 5.53. The van der Waals surface area contributed by atoms with Crippen molar-refractivity contribution in [3.8, 4) is 17.2 Å². The molecule has 2 aliphatic heterocycles. The number of nitrogens with zero attached hydrogens (tertiary/aromatic N) is 2. The molecule has 4 rings (SSSR count). The van der Waals surface area contributed by atoms with Gasteiger partial charge in [-0.2, -0.15) is 0 Å². The van der Waals surface area contributed by atoms with Gasteiger partial charge in [-0.25, -0.2) is 9.97 Å². The molecule has 1 aromatic heterocycles. The van der Waals surface area contributed by atoms with E-state index >= 15 is 0 Å². The van der Waals surface area contributed by atoms with E-state index in [-0.39, 0.29) is 0 Å².